The molecule has 11 nitrogen and oxygen atoms in total. The van der Waals surface area contributed by atoms with Crippen LogP contribution in [0.25, 0.3) is 11.3 Å². The smallest absolute Gasteiger partial charge is 0.253 e. The fourth-order valence-electron chi connectivity index (χ4n) is 4.50. The van der Waals surface area contributed by atoms with Gasteiger partial charge in [0, 0.05) is 80.2 Å². The molecule has 5 rings (SSSR count). The maximum Gasteiger partial charge on any atom is 0.253 e. The highest BCUT2D eigenvalue weighted by Crippen LogP contribution is 2.29. The first-order valence-corrected chi connectivity index (χ1v) is 12.5. The minimum atomic E-state index is -0.292. The van der Waals surface area contributed by atoms with Crippen LogP contribution in [0.5, 0.6) is 0 Å². The molecule has 2 saturated heterocycles. The summed E-state index contributed by atoms with van der Waals surface area (Å²) in [5.74, 6) is 0.768. The van der Waals surface area contributed by atoms with Crippen molar-refractivity contribution in [3.63, 3.8) is 0 Å². The Morgan fingerprint density at radius 1 is 0.947 bits per heavy atom. The van der Waals surface area contributed by atoms with Gasteiger partial charge >= 0.3 is 0 Å². The first-order valence-electron chi connectivity index (χ1n) is 12.5. The van der Waals surface area contributed by atoms with Crippen molar-refractivity contribution in [3.8, 4) is 11.3 Å². The van der Waals surface area contributed by atoms with Gasteiger partial charge in [0.2, 0.25) is 11.9 Å². The van der Waals surface area contributed by atoms with E-state index in [1.165, 1.54) is 6.08 Å². The molecule has 38 heavy (non-hydrogen) atoms. The summed E-state index contributed by atoms with van der Waals surface area (Å²) in [6.07, 6.45) is 4.57. The Balaban J connectivity index is 1.30. The number of anilines is 4. The number of carbonyl (C=O) groups excluding carboxylic acids is 2. The van der Waals surface area contributed by atoms with Crippen LogP contribution in [-0.4, -0.2) is 84.1 Å². The third kappa shape index (κ3) is 5.73. The Labute approximate surface area is 220 Å². The van der Waals surface area contributed by atoms with E-state index in [9.17, 15) is 9.59 Å². The maximum atomic E-state index is 13.1. The molecule has 2 aliphatic heterocycles. The summed E-state index contributed by atoms with van der Waals surface area (Å²) in [5.41, 5.74) is 9.47. The van der Waals surface area contributed by atoms with E-state index in [-0.39, 0.29) is 17.8 Å². The molecule has 0 spiro atoms. The zero-order chi connectivity index (χ0) is 26.5. The van der Waals surface area contributed by atoms with Gasteiger partial charge in [0.25, 0.3) is 5.91 Å². The molecule has 2 aliphatic rings. The standard InChI is InChI=1S/C27H30N8O3/c1-2-25(36)31-21-5-3-19(4-6-21)26(37)35-9-7-33(8-10-35)22-15-23(20-17-29-27(28)30-18-20)32-24(16-22)34-11-13-38-14-12-34/h2-6,15-18H,1,7-14H2,(H,31,36)(H2,28,29,30). The van der Waals surface area contributed by atoms with Crippen molar-refractivity contribution in [1.82, 2.24) is 19.9 Å². The van der Waals surface area contributed by atoms with Gasteiger partial charge in [-0.1, -0.05) is 6.58 Å². The number of nitrogens with one attached hydrogen (secondary N) is 1. The molecule has 0 atom stereocenters. The van der Waals surface area contributed by atoms with E-state index in [1.54, 1.807) is 36.7 Å². The number of hydrogen-bond donors (Lipinski definition) is 2. The van der Waals surface area contributed by atoms with Gasteiger partial charge in [-0.05, 0) is 36.4 Å². The van der Waals surface area contributed by atoms with Crippen LogP contribution in [0, 0.1) is 0 Å². The number of nitrogen functional groups attached to an aromatic ring is 1. The van der Waals surface area contributed by atoms with Crippen LogP contribution < -0.4 is 20.9 Å². The van der Waals surface area contributed by atoms with Crippen LogP contribution in [0.1, 0.15) is 10.4 Å². The lowest BCUT2D eigenvalue weighted by Gasteiger charge is -2.37. The minimum Gasteiger partial charge on any atom is -0.378 e. The minimum absolute atomic E-state index is 0.0327. The topological polar surface area (TPSA) is 130 Å². The number of rotatable bonds is 6. The highest BCUT2D eigenvalue weighted by molar-refractivity contribution is 5.99. The van der Waals surface area contributed by atoms with Crippen LogP contribution in [0.15, 0.2) is 61.4 Å². The second kappa shape index (κ2) is 11.3. The number of amides is 2. The highest BCUT2D eigenvalue weighted by atomic mass is 16.5. The normalized spacial score (nSPS) is 15.7. The van der Waals surface area contributed by atoms with Crippen LogP contribution in [0.3, 0.4) is 0 Å². The van der Waals surface area contributed by atoms with Gasteiger partial charge < -0.3 is 30.5 Å². The Hall–Kier alpha value is -4.51. The summed E-state index contributed by atoms with van der Waals surface area (Å²) >= 11 is 0. The number of nitrogens with two attached hydrogens (primary N) is 1. The summed E-state index contributed by atoms with van der Waals surface area (Å²) in [7, 11) is 0. The number of benzene rings is 1. The number of pyridine rings is 1. The molecule has 1 aromatic carbocycles. The zero-order valence-electron chi connectivity index (χ0n) is 21.0. The van der Waals surface area contributed by atoms with Crippen molar-refractivity contribution < 1.29 is 14.3 Å². The molecule has 0 aliphatic carbocycles. The molecule has 0 unspecified atom stereocenters. The van der Waals surface area contributed by atoms with Crippen LogP contribution >= 0.6 is 0 Å². The van der Waals surface area contributed by atoms with E-state index in [0.29, 0.717) is 50.6 Å². The molecule has 196 valence electrons. The van der Waals surface area contributed by atoms with Crippen molar-refractivity contribution in [2.45, 2.75) is 0 Å². The molecule has 11 heteroatoms. The Morgan fingerprint density at radius 2 is 1.63 bits per heavy atom. The predicted molar refractivity (Wildman–Crippen MR) is 146 cm³/mol. The molecule has 2 amide bonds. The summed E-state index contributed by atoms with van der Waals surface area (Å²) in [5, 5.41) is 2.69. The fourth-order valence-corrected chi connectivity index (χ4v) is 4.50. The number of hydrogen-bond acceptors (Lipinski definition) is 9. The van der Waals surface area contributed by atoms with Gasteiger partial charge in [0.1, 0.15) is 5.82 Å². The fraction of sp³-hybridized carbons (Fsp3) is 0.296. The number of carbonyl (C=O) groups is 2. The molecule has 4 heterocycles. The summed E-state index contributed by atoms with van der Waals surface area (Å²) < 4.78 is 5.52. The summed E-state index contributed by atoms with van der Waals surface area (Å²) in [6, 6.07) is 11.0. The van der Waals surface area contributed by atoms with Crippen LogP contribution in [0.4, 0.5) is 23.1 Å². The number of ether oxygens (including phenoxy) is 1. The van der Waals surface area contributed by atoms with E-state index in [0.717, 1.165) is 35.9 Å². The van der Waals surface area contributed by atoms with Gasteiger partial charge in [-0.25, -0.2) is 15.0 Å². The highest BCUT2D eigenvalue weighted by Gasteiger charge is 2.24. The molecule has 0 bridgehead atoms. The van der Waals surface area contributed by atoms with Gasteiger partial charge in [-0.3, -0.25) is 9.59 Å². The number of piperazine rings is 1. The van der Waals surface area contributed by atoms with Crippen molar-refractivity contribution in [1.29, 1.82) is 0 Å². The third-order valence-electron chi connectivity index (χ3n) is 6.62. The Bertz CT molecular complexity index is 1300. The summed E-state index contributed by atoms with van der Waals surface area (Å²) in [6.45, 7) is 8.85. The monoisotopic (exact) mass is 514 g/mol. The average Bonchev–Trinajstić information content (AvgIpc) is 2.98. The van der Waals surface area contributed by atoms with Gasteiger partial charge in [0.05, 0.1) is 18.9 Å². The van der Waals surface area contributed by atoms with Crippen molar-refractivity contribution in [3.05, 3.63) is 67.0 Å². The Morgan fingerprint density at radius 3 is 2.29 bits per heavy atom. The van der Waals surface area contributed by atoms with Crippen molar-refractivity contribution >= 4 is 35.0 Å². The second-order valence-electron chi connectivity index (χ2n) is 9.05. The van der Waals surface area contributed by atoms with E-state index in [4.69, 9.17) is 15.5 Å². The average molecular weight is 515 g/mol. The molecule has 3 aromatic rings. The first kappa shape index (κ1) is 25.2. The lowest BCUT2D eigenvalue weighted by molar-refractivity contribution is -0.111. The lowest BCUT2D eigenvalue weighted by Crippen LogP contribution is -2.49. The van der Waals surface area contributed by atoms with E-state index in [2.05, 4.69) is 37.7 Å². The van der Waals surface area contributed by atoms with Gasteiger partial charge in [-0.2, -0.15) is 0 Å². The third-order valence-corrected chi connectivity index (χ3v) is 6.62. The molecule has 0 radical (unpaired) electrons. The molecule has 3 N–H and O–H groups in total. The van der Waals surface area contributed by atoms with Gasteiger partial charge in [0.15, 0.2) is 0 Å². The summed E-state index contributed by atoms with van der Waals surface area (Å²) in [4.78, 5) is 44.1. The van der Waals surface area contributed by atoms with E-state index >= 15 is 0 Å². The zero-order valence-corrected chi connectivity index (χ0v) is 21.0. The number of aromatic nitrogens is 3. The SMILES string of the molecule is C=CC(=O)Nc1ccc(C(=O)N2CCN(c3cc(-c4cnc(N)nc4)nc(N4CCOCC4)c3)CC2)cc1. The van der Waals surface area contributed by atoms with E-state index in [1.807, 2.05) is 11.0 Å². The lowest BCUT2D eigenvalue weighted by atomic mass is 10.1. The van der Waals surface area contributed by atoms with Gasteiger partial charge in [-0.15, -0.1) is 0 Å². The van der Waals surface area contributed by atoms with Crippen molar-refractivity contribution in [2.24, 2.45) is 0 Å². The van der Waals surface area contributed by atoms with Crippen molar-refractivity contribution in [2.75, 3.05) is 73.3 Å². The number of nitrogens with zero attached hydrogens (tertiary/aromatic N) is 6. The predicted octanol–water partition coefficient (Wildman–Crippen LogP) is 2.04. The first-order chi connectivity index (χ1) is 18.5. The molecule has 2 aromatic heterocycles. The van der Waals surface area contributed by atoms with Crippen LogP contribution in [-0.2, 0) is 9.53 Å². The molecule has 2 fully saturated rings. The molecule has 0 saturated carbocycles. The number of morpholine rings is 1. The van der Waals surface area contributed by atoms with Crippen LogP contribution in [0.2, 0.25) is 0 Å². The molecular weight excluding hydrogens is 484 g/mol. The Kier molecular flexibility index (Phi) is 7.45. The second-order valence-corrected chi connectivity index (χ2v) is 9.05. The largest absolute Gasteiger partial charge is 0.378 e. The van der Waals surface area contributed by atoms with E-state index < -0.39 is 0 Å². The maximum absolute atomic E-state index is 13.1. The molecular formula is C27H30N8O3. The quantitative estimate of drug-likeness (QED) is 0.475.